The van der Waals surface area contributed by atoms with Gasteiger partial charge in [0.25, 0.3) is 5.88 Å². The second kappa shape index (κ2) is 6.00. The summed E-state index contributed by atoms with van der Waals surface area (Å²) in [6, 6.07) is -0.0436. The van der Waals surface area contributed by atoms with Crippen molar-refractivity contribution in [3.05, 3.63) is 16.4 Å². The number of hydrogen-bond acceptors (Lipinski definition) is 7. The predicted octanol–water partition coefficient (Wildman–Crippen LogP) is 1.10. The van der Waals surface area contributed by atoms with E-state index in [1.807, 2.05) is 11.8 Å². The van der Waals surface area contributed by atoms with Crippen LogP contribution in [0.2, 0.25) is 0 Å². The molecule has 1 aliphatic rings. The van der Waals surface area contributed by atoms with Gasteiger partial charge in [-0.25, -0.2) is 4.98 Å². The Morgan fingerprint density at radius 1 is 1.55 bits per heavy atom. The average Bonchev–Trinajstić information content (AvgIpc) is 2.46. The normalized spacial score (nSPS) is 20.6. The molecule has 2 rings (SSSR count). The summed E-state index contributed by atoms with van der Waals surface area (Å²) < 4.78 is 4.98. The standard InChI is InChI=1S/C12H19N5O3/c1-8(13)9-5-3-4-6-16(9)11-10(17(18)19)12(20-2)15-7-14-11/h7-9H,3-6,13H2,1-2H3. The molecule has 2 unspecified atom stereocenters. The zero-order valence-corrected chi connectivity index (χ0v) is 11.7. The molecule has 1 aromatic rings. The van der Waals surface area contributed by atoms with Crippen molar-refractivity contribution in [1.82, 2.24) is 9.97 Å². The van der Waals surface area contributed by atoms with E-state index in [4.69, 9.17) is 10.5 Å². The van der Waals surface area contributed by atoms with E-state index in [0.29, 0.717) is 12.4 Å². The summed E-state index contributed by atoms with van der Waals surface area (Å²) >= 11 is 0. The third-order valence-corrected chi connectivity index (χ3v) is 3.57. The number of methoxy groups -OCH3 is 1. The van der Waals surface area contributed by atoms with Gasteiger partial charge in [0.1, 0.15) is 6.33 Å². The van der Waals surface area contributed by atoms with E-state index in [1.165, 1.54) is 13.4 Å². The van der Waals surface area contributed by atoms with E-state index < -0.39 is 4.92 Å². The van der Waals surface area contributed by atoms with Gasteiger partial charge in [0, 0.05) is 18.6 Å². The fourth-order valence-corrected chi connectivity index (χ4v) is 2.64. The van der Waals surface area contributed by atoms with Crippen molar-refractivity contribution < 1.29 is 9.66 Å². The Morgan fingerprint density at radius 3 is 2.90 bits per heavy atom. The lowest BCUT2D eigenvalue weighted by molar-refractivity contribution is -0.385. The molecule has 1 saturated heterocycles. The minimum absolute atomic E-state index is 0.0194. The van der Waals surface area contributed by atoms with Crippen LogP contribution < -0.4 is 15.4 Å². The zero-order valence-electron chi connectivity index (χ0n) is 11.7. The van der Waals surface area contributed by atoms with Crippen LogP contribution in [0.4, 0.5) is 11.5 Å². The summed E-state index contributed by atoms with van der Waals surface area (Å²) in [6.45, 7) is 2.61. The van der Waals surface area contributed by atoms with Crippen LogP contribution in [0.5, 0.6) is 5.88 Å². The maximum absolute atomic E-state index is 11.3. The Bertz CT molecular complexity index is 494. The molecule has 0 aromatic carbocycles. The van der Waals surface area contributed by atoms with Crippen LogP contribution >= 0.6 is 0 Å². The van der Waals surface area contributed by atoms with Gasteiger partial charge < -0.3 is 15.4 Å². The molecule has 0 radical (unpaired) electrons. The second-order valence-electron chi connectivity index (χ2n) is 4.93. The van der Waals surface area contributed by atoms with Crippen molar-refractivity contribution in [2.24, 2.45) is 5.73 Å². The number of piperidine rings is 1. The summed E-state index contributed by atoms with van der Waals surface area (Å²) in [4.78, 5) is 20.6. The first kappa shape index (κ1) is 14.4. The second-order valence-corrected chi connectivity index (χ2v) is 4.93. The molecule has 1 fully saturated rings. The van der Waals surface area contributed by atoms with E-state index in [2.05, 4.69) is 9.97 Å². The zero-order chi connectivity index (χ0) is 14.7. The van der Waals surface area contributed by atoms with Crippen LogP contribution in [0, 0.1) is 10.1 Å². The van der Waals surface area contributed by atoms with Crippen LogP contribution in [-0.4, -0.2) is 40.6 Å². The molecule has 0 spiro atoms. The van der Waals surface area contributed by atoms with E-state index in [1.54, 1.807) is 0 Å². The van der Waals surface area contributed by atoms with Crippen molar-refractivity contribution >= 4 is 11.5 Å². The predicted molar refractivity (Wildman–Crippen MR) is 73.9 cm³/mol. The van der Waals surface area contributed by atoms with Gasteiger partial charge in [-0.15, -0.1) is 0 Å². The molecule has 1 aromatic heterocycles. The number of rotatable bonds is 4. The minimum atomic E-state index is -0.499. The summed E-state index contributed by atoms with van der Waals surface area (Å²) in [7, 11) is 1.36. The number of ether oxygens (including phenoxy) is 1. The molecule has 1 aliphatic heterocycles. The minimum Gasteiger partial charge on any atom is -0.476 e. The number of nitrogens with zero attached hydrogens (tertiary/aromatic N) is 4. The van der Waals surface area contributed by atoms with Crippen LogP contribution in [0.3, 0.4) is 0 Å². The van der Waals surface area contributed by atoms with Crippen LogP contribution in [0.1, 0.15) is 26.2 Å². The maximum atomic E-state index is 11.3. The quantitative estimate of drug-likeness (QED) is 0.650. The largest absolute Gasteiger partial charge is 0.476 e. The van der Waals surface area contributed by atoms with Gasteiger partial charge in [0.2, 0.25) is 5.82 Å². The molecule has 8 heteroatoms. The molecule has 20 heavy (non-hydrogen) atoms. The number of aromatic nitrogens is 2. The summed E-state index contributed by atoms with van der Waals surface area (Å²) in [5.41, 5.74) is 5.81. The highest BCUT2D eigenvalue weighted by Crippen LogP contribution is 2.36. The molecular weight excluding hydrogens is 262 g/mol. The van der Waals surface area contributed by atoms with Gasteiger partial charge in [-0.2, -0.15) is 4.98 Å². The number of nitro groups is 1. The van der Waals surface area contributed by atoms with E-state index in [-0.39, 0.29) is 23.7 Å². The molecule has 0 amide bonds. The summed E-state index contributed by atoms with van der Waals surface area (Å²) in [5, 5.41) is 11.3. The van der Waals surface area contributed by atoms with E-state index >= 15 is 0 Å². The van der Waals surface area contributed by atoms with Gasteiger partial charge in [-0.1, -0.05) is 0 Å². The molecule has 0 saturated carbocycles. The molecule has 2 atom stereocenters. The lowest BCUT2D eigenvalue weighted by Crippen LogP contribution is -2.49. The molecule has 2 N–H and O–H groups in total. The maximum Gasteiger partial charge on any atom is 0.372 e. The van der Waals surface area contributed by atoms with Crippen molar-refractivity contribution in [3.63, 3.8) is 0 Å². The fraction of sp³-hybridized carbons (Fsp3) is 0.667. The Labute approximate surface area is 117 Å². The van der Waals surface area contributed by atoms with Gasteiger partial charge in [-0.3, -0.25) is 10.1 Å². The van der Waals surface area contributed by atoms with E-state index in [0.717, 1.165) is 19.3 Å². The number of hydrogen-bond donors (Lipinski definition) is 1. The third-order valence-electron chi connectivity index (χ3n) is 3.57. The Hall–Kier alpha value is -1.96. The van der Waals surface area contributed by atoms with Crippen LogP contribution in [0.25, 0.3) is 0 Å². The summed E-state index contributed by atoms with van der Waals surface area (Å²) in [5.74, 6) is 0.276. The molecule has 0 bridgehead atoms. The highest BCUT2D eigenvalue weighted by molar-refractivity contribution is 5.63. The SMILES string of the molecule is COc1ncnc(N2CCCCC2C(C)N)c1[N+](=O)[O-]. The average molecular weight is 281 g/mol. The first-order valence-corrected chi connectivity index (χ1v) is 6.62. The smallest absolute Gasteiger partial charge is 0.372 e. The van der Waals surface area contributed by atoms with Crippen molar-refractivity contribution in [2.45, 2.75) is 38.3 Å². The lowest BCUT2D eigenvalue weighted by atomic mass is 9.97. The topological polar surface area (TPSA) is 107 Å². The van der Waals surface area contributed by atoms with Crippen molar-refractivity contribution in [3.8, 4) is 5.88 Å². The number of anilines is 1. The molecule has 0 aliphatic carbocycles. The highest BCUT2D eigenvalue weighted by atomic mass is 16.6. The van der Waals surface area contributed by atoms with Gasteiger partial charge >= 0.3 is 5.69 Å². The van der Waals surface area contributed by atoms with Crippen molar-refractivity contribution in [1.29, 1.82) is 0 Å². The third kappa shape index (κ3) is 2.64. The molecular formula is C12H19N5O3. The van der Waals surface area contributed by atoms with E-state index in [9.17, 15) is 10.1 Å². The van der Waals surface area contributed by atoms with Gasteiger partial charge in [0.15, 0.2) is 0 Å². The summed E-state index contributed by atoms with van der Waals surface area (Å²) in [6.07, 6.45) is 4.22. The highest BCUT2D eigenvalue weighted by Gasteiger charge is 2.34. The first-order valence-electron chi connectivity index (χ1n) is 6.62. The van der Waals surface area contributed by atoms with Gasteiger partial charge in [0.05, 0.1) is 12.0 Å². The fourth-order valence-electron chi connectivity index (χ4n) is 2.64. The Balaban J connectivity index is 2.47. The monoisotopic (exact) mass is 281 g/mol. The van der Waals surface area contributed by atoms with Crippen LogP contribution in [-0.2, 0) is 0 Å². The van der Waals surface area contributed by atoms with Gasteiger partial charge in [-0.05, 0) is 26.2 Å². The first-order chi connectivity index (χ1) is 9.56. The lowest BCUT2D eigenvalue weighted by Gasteiger charge is -2.38. The molecule has 2 heterocycles. The number of nitrogens with two attached hydrogens (primary N) is 1. The Kier molecular flexibility index (Phi) is 4.33. The Morgan fingerprint density at radius 2 is 2.30 bits per heavy atom. The molecule has 8 nitrogen and oxygen atoms in total. The van der Waals surface area contributed by atoms with Crippen molar-refractivity contribution in [2.75, 3.05) is 18.6 Å². The van der Waals surface area contributed by atoms with Crippen LogP contribution in [0.15, 0.2) is 6.33 Å². The molecule has 110 valence electrons.